The number of aliphatic imine (C=N–C) groups is 1. The van der Waals surface area contributed by atoms with Gasteiger partial charge in [0, 0.05) is 31.7 Å². The molecule has 0 saturated carbocycles. The van der Waals surface area contributed by atoms with Crippen LogP contribution in [0.5, 0.6) is 0 Å². The first kappa shape index (κ1) is 21.0. The van der Waals surface area contributed by atoms with Crippen molar-refractivity contribution in [2.24, 2.45) is 10.9 Å². The number of hydrogen-bond donors (Lipinski definition) is 1. The van der Waals surface area contributed by atoms with E-state index >= 15 is 0 Å². The number of rotatable bonds is 4. The Morgan fingerprint density at radius 1 is 1.38 bits per heavy atom. The average Bonchev–Trinajstić information content (AvgIpc) is 2.60. The number of ether oxygens (including phenoxy) is 1. The minimum Gasteiger partial charge on any atom is -0.469 e. The van der Waals surface area contributed by atoms with Crippen molar-refractivity contribution in [1.82, 2.24) is 10.2 Å². The van der Waals surface area contributed by atoms with Crippen molar-refractivity contribution in [1.29, 1.82) is 0 Å². The topological polar surface area (TPSA) is 53.9 Å². The molecule has 1 aromatic rings. The summed E-state index contributed by atoms with van der Waals surface area (Å²) < 4.78 is 4.82. The molecule has 0 unspecified atom stereocenters. The Bertz CT molecular complexity index is 561. The average molecular weight is 466 g/mol. The van der Waals surface area contributed by atoms with E-state index in [0.29, 0.717) is 0 Å². The number of benzene rings is 1. The highest BCUT2D eigenvalue weighted by molar-refractivity contribution is 14.0. The Labute approximate surface area is 165 Å². The van der Waals surface area contributed by atoms with Crippen molar-refractivity contribution in [3.8, 4) is 0 Å². The normalized spacial score (nSPS) is 15.6. The Kier molecular flexibility index (Phi) is 9.43. The first-order valence-electron chi connectivity index (χ1n) is 7.92. The fourth-order valence-corrected chi connectivity index (χ4v) is 3.07. The van der Waals surface area contributed by atoms with Gasteiger partial charge in [-0.15, -0.1) is 24.0 Å². The van der Waals surface area contributed by atoms with Gasteiger partial charge >= 0.3 is 5.97 Å². The number of likely N-dealkylation sites (tertiary alicyclic amines) is 1. The fraction of sp³-hybridized carbons (Fsp3) is 0.529. The maximum absolute atomic E-state index is 11.6. The Balaban J connectivity index is 0.00000288. The number of methoxy groups -OCH3 is 1. The number of halogens is 2. The van der Waals surface area contributed by atoms with Gasteiger partial charge in [-0.3, -0.25) is 9.79 Å². The van der Waals surface area contributed by atoms with Gasteiger partial charge in [0.25, 0.3) is 0 Å². The molecule has 0 spiro atoms. The van der Waals surface area contributed by atoms with E-state index in [4.69, 9.17) is 16.3 Å². The number of nitrogens with zero attached hydrogens (tertiary/aromatic N) is 2. The summed E-state index contributed by atoms with van der Waals surface area (Å²) in [7, 11) is 3.23. The summed E-state index contributed by atoms with van der Waals surface area (Å²) >= 11 is 6.17. The third-order valence-corrected chi connectivity index (χ3v) is 4.54. The first-order chi connectivity index (χ1) is 11.2. The van der Waals surface area contributed by atoms with Crippen molar-refractivity contribution < 1.29 is 9.53 Å². The van der Waals surface area contributed by atoms with Crippen molar-refractivity contribution >= 4 is 47.5 Å². The van der Waals surface area contributed by atoms with Crippen molar-refractivity contribution in [2.75, 3.05) is 33.8 Å². The standard InChI is InChI=1S/C17H24ClN3O2.HI/c1-19-17(20-10-7-13-5-3-4-6-15(13)18)21-11-8-14(9-12-21)16(22)23-2;/h3-6,14H,7-12H2,1-2H3,(H,19,20);1H. The summed E-state index contributed by atoms with van der Waals surface area (Å²) in [6.07, 6.45) is 2.45. The molecule has 1 fully saturated rings. The number of esters is 1. The van der Waals surface area contributed by atoms with Gasteiger partial charge < -0.3 is 15.0 Å². The van der Waals surface area contributed by atoms with E-state index in [1.807, 2.05) is 24.3 Å². The highest BCUT2D eigenvalue weighted by Gasteiger charge is 2.26. The molecule has 1 aromatic carbocycles. The van der Waals surface area contributed by atoms with E-state index in [2.05, 4.69) is 15.2 Å². The monoisotopic (exact) mass is 465 g/mol. The number of hydrogen-bond acceptors (Lipinski definition) is 3. The molecule has 0 aliphatic carbocycles. The number of piperidine rings is 1. The van der Waals surface area contributed by atoms with Crippen LogP contribution in [-0.2, 0) is 16.0 Å². The molecule has 0 amide bonds. The lowest BCUT2D eigenvalue weighted by Crippen LogP contribution is -2.47. The highest BCUT2D eigenvalue weighted by atomic mass is 127. The third-order valence-electron chi connectivity index (χ3n) is 4.18. The van der Waals surface area contributed by atoms with Crippen molar-refractivity contribution in [3.05, 3.63) is 34.9 Å². The second-order valence-electron chi connectivity index (χ2n) is 5.60. The molecule has 1 heterocycles. The lowest BCUT2D eigenvalue weighted by atomic mass is 9.97. The van der Waals surface area contributed by atoms with Crippen LogP contribution in [0.3, 0.4) is 0 Å². The predicted octanol–water partition coefficient (Wildman–Crippen LogP) is 2.96. The summed E-state index contributed by atoms with van der Waals surface area (Å²) in [6.45, 7) is 2.39. The highest BCUT2D eigenvalue weighted by Crippen LogP contribution is 2.18. The summed E-state index contributed by atoms with van der Waals surface area (Å²) in [5.41, 5.74) is 1.13. The molecule has 1 saturated heterocycles. The lowest BCUT2D eigenvalue weighted by Gasteiger charge is -2.33. The number of nitrogens with one attached hydrogen (secondary N) is 1. The van der Waals surface area contributed by atoms with Crippen molar-refractivity contribution in [3.63, 3.8) is 0 Å². The minimum atomic E-state index is -0.105. The zero-order chi connectivity index (χ0) is 16.7. The van der Waals surface area contributed by atoms with E-state index in [-0.39, 0.29) is 35.9 Å². The molecule has 24 heavy (non-hydrogen) atoms. The summed E-state index contributed by atoms with van der Waals surface area (Å²) in [6, 6.07) is 7.87. The third kappa shape index (κ3) is 5.81. The van der Waals surface area contributed by atoms with Crippen LogP contribution in [0.1, 0.15) is 18.4 Å². The fourth-order valence-electron chi connectivity index (χ4n) is 2.84. The second-order valence-corrected chi connectivity index (χ2v) is 6.01. The van der Waals surface area contributed by atoms with Gasteiger partial charge in [-0.2, -0.15) is 0 Å². The molecule has 1 aliphatic rings. The van der Waals surface area contributed by atoms with Crippen LogP contribution in [-0.4, -0.2) is 50.6 Å². The second kappa shape index (κ2) is 10.8. The lowest BCUT2D eigenvalue weighted by molar-refractivity contribution is -0.146. The SMILES string of the molecule is CN=C(NCCc1ccccc1Cl)N1CCC(C(=O)OC)CC1.I. The molecule has 2 rings (SSSR count). The largest absolute Gasteiger partial charge is 0.469 e. The van der Waals surface area contributed by atoms with Gasteiger partial charge in [0.15, 0.2) is 5.96 Å². The Morgan fingerprint density at radius 3 is 2.62 bits per heavy atom. The van der Waals surface area contributed by atoms with Crippen LogP contribution in [0, 0.1) is 5.92 Å². The van der Waals surface area contributed by atoms with Crippen LogP contribution in [0.15, 0.2) is 29.3 Å². The van der Waals surface area contributed by atoms with Crippen molar-refractivity contribution in [2.45, 2.75) is 19.3 Å². The Hall–Kier alpha value is -1.02. The van der Waals surface area contributed by atoms with E-state index in [1.165, 1.54) is 7.11 Å². The minimum absolute atomic E-state index is 0. The van der Waals surface area contributed by atoms with E-state index < -0.39 is 0 Å². The molecule has 134 valence electrons. The smallest absolute Gasteiger partial charge is 0.308 e. The quantitative estimate of drug-likeness (QED) is 0.321. The molecule has 1 N–H and O–H groups in total. The summed E-state index contributed by atoms with van der Waals surface area (Å²) in [4.78, 5) is 18.1. The molecule has 7 heteroatoms. The molecule has 0 atom stereocenters. The maximum atomic E-state index is 11.6. The number of guanidine groups is 1. The van der Waals surface area contributed by atoms with E-state index in [0.717, 1.165) is 55.4 Å². The summed E-state index contributed by atoms with van der Waals surface area (Å²) in [5.74, 6) is 0.782. The summed E-state index contributed by atoms with van der Waals surface area (Å²) in [5, 5.41) is 4.17. The van der Waals surface area contributed by atoms with Gasteiger partial charge in [-0.05, 0) is 30.9 Å². The first-order valence-corrected chi connectivity index (χ1v) is 8.30. The van der Waals surface area contributed by atoms with Crippen LogP contribution >= 0.6 is 35.6 Å². The molecule has 0 radical (unpaired) electrons. The zero-order valence-corrected chi connectivity index (χ0v) is 17.2. The molecule has 0 aromatic heterocycles. The molecule has 5 nitrogen and oxygen atoms in total. The molecular formula is C17H25ClIN3O2. The predicted molar refractivity (Wildman–Crippen MR) is 108 cm³/mol. The van der Waals surface area contributed by atoms with Crippen LogP contribution in [0.2, 0.25) is 5.02 Å². The van der Waals surface area contributed by atoms with Crippen LogP contribution in [0.25, 0.3) is 0 Å². The van der Waals surface area contributed by atoms with Gasteiger partial charge in [0.05, 0.1) is 13.0 Å². The molecule has 1 aliphatic heterocycles. The van der Waals surface area contributed by atoms with Gasteiger partial charge in [0.2, 0.25) is 0 Å². The number of carbonyl (C=O) groups is 1. The van der Waals surface area contributed by atoms with Gasteiger partial charge in [-0.1, -0.05) is 29.8 Å². The molecule has 0 bridgehead atoms. The van der Waals surface area contributed by atoms with Crippen LogP contribution < -0.4 is 5.32 Å². The van der Waals surface area contributed by atoms with Gasteiger partial charge in [0.1, 0.15) is 0 Å². The molecular weight excluding hydrogens is 441 g/mol. The Morgan fingerprint density at radius 2 is 2.04 bits per heavy atom. The van der Waals surface area contributed by atoms with Crippen LogP contribution in [0.4, 0.5) is 0 Å². The maximum Gasteiger partial charge on any atom is 0.308 e. The van der Waals surface area contributed by atoms with E-state index in [9.17, 15) is 4.79 Å². The number of carbonyl (C=O) groups excluding carboxylic acids is 1. The zero-order valence-electron chi connectivity index (χ0n) is 14.1. The van der Waals surface area contributed by atoms with E-state index in [1.54, 1.807) is 7.05 Å². The van der Waals surface area contributed by atoms with Gasteiger partial charge in [-0.25, -0.2) is 0 Å².